The van der Waals surface area contributed by atoms with Crippen molar-refractivity contribution in [3.8, 4) is 0 Å². The highest BCUT2D eigenvalue weighted by atomic mass is 16.5. The first kappa shape index (κ1) is 16.7. The maximum atomic E-state index is 12.9. The van der Waals surface area contributed by atoms with Crippen LogP contribution < -0.4 is 5.56 Å². The van der Waals surface area contributed by atoms with Crippen LogP contribution in [0.4, 0.5) is 0 Å². The van der Waals surface area contributed by atoms with Crippen molar-refractivity contribution in [1.82, 2.24) is 9.88 Å². The minimum Gasteiger partial charge on any atom is -0.382 e. The van der Waals surface area contributed by atoms with E-state index in [1.54, 1.807) is 30.2 Å². The largest absolute Gasteiger partial charge is 0.382 e. The van der Waals surface area contributed by atoms with Gasteiger partial charge in [0.1, 0.15) is 5.69 Å². The molecule has 1 aliphatic heterocycles. The molecule has 2 aromatic rings. The molecule has 2 heterocycles. The molecule has 0 unspecified atom stereocenters. The monoisotopic (exact) mass is 330 g/mol. The number of nitrogens with one attached hydrogen (secondary N) is 1. The van der Waals surface area contributed by atoms with Crippen molar-refractivity contribution >= 4 is 16.7 Å². The molecule has 1 aromatic carbocycles. The predicted octanol–water partition coefficient (Wildman–Crippen LogP) is 1.79. The Morgan fingerprint density at radius 2 is 2.17 bits per heavy atom. The van der Waals surface area contributed by atoms with Crippen LogP contribution in [0.25, 0.3) is 10.8 Å². The van der Waals surface area contributed by atoms with Crippen LogP contribution in [0, 0.1) is 0 Å². The molecule has 0 bridgehead atoms. The SMILES string of the molecule is COC[C@H]1CN(C(=O)c2cc3ccccc3c(=O)[nH]2)CC(C)(C)O1. The molecule has 1 amide bonds. The highest BCUT2D eigenvalue weighted by Gasteiger charge is 2.36. The lowest BCUT2D eigenvalue weighted by molar-refractivity contribution is -0.143. The van der Waals surface area contributed by atoms with Gasteiger partial charge in [-0.2, -0.15) is 0 Å². The van der Waals surface area contributed by atoms with Crippen molar-refractivity contribution in [2.24, 2.45) is 0 Å². The van der Waals surface area contributed by atoms with E-state index in [0.29, 0.717) is 30.8 Å². The summed E-state index contributed by atoms with van der Waals surface area (Å²) in [5.41, 5.74) is -0.418. The quantitative estimate of drug-likeness (QED) is 0.931. The number of aromatic nitrogens is 1. The van der Waals surface area contributed by atoms with E-state index >= 15 is 0 Å². The Hall–Kier alpha value is -2.18. The summed E-state index contributed by atoms with van der Waals surface area (Å²) in [6.07, 6.45) is -0.185. The van der Waals surface area contributed by atoms with Crippen LogP contribution in [0.3, 0.4) is 0 Å². The fourth-order valence-corrected chi connectivity index (χ4v) is 3.22. The standard InChI is InChI=1S/C18H22N2O4/c1-18(2)11-20(9-13(24-18)10-23-3)17(22)15-8-12-6-4-5-7-14(12)16(21)19-15/h4-8,13H,9-11H2,1-3H3,(H,19,21)/t13-/m1/s1. The molecule has 1 N–H and O–H groups in total. The summed E-state index contributed by atoms with van der Waals surface area (Å²) in [5.74, 6) is -0.199. The van der Waals surface area contributed by atoms with Crippen LogP contribution in [-0.2, 0) is 9.47 Å². The van der Waals surface area contributed by atoms with Crippen LogP contribution >= 0.6 is 0 Å². The van der Waals surface area contributed by atoms with Crippen molar-refractivity contribution < 1.29 is 14.3 Å². The molecule has 0 saturated carbocycles. The number of fused-ring (bicyclic) bond motifs is 1. The number of rotatable bonds is 3. The molecule has 6 heteroatoms. The van der Waals surface area contributed by atoms with Gasteiger partial charge in [0.25, 0.3) is 11.5 Å². The molecule has 1 fully saturated rings. The van der Waals surface area contributed by atoms with Gasteiger partial charge >= 0.3 is 0 Å². The second kappa shape index (κ2) is 6.37. The van der Waals surface area contributed by atoms with Crippen LogP contribution in [0.1, 0.15) is 24.3 Å². The second-order valence-electron chi connectivity index (χ2n) is 6.74. The van der Waals surface area contributed by atoms with Crippen molar-refractivity contribution in [2.75, 3.05) is 26.8 Å². The van der Waals surface area contributed by atoms with Crippen LogP contribution in [0.5, 0.6) is 0 Å². The first-order chi connectivity index (χ1) is 11.4. The molecule has 1 aromatic heterocycles. The lowest BCUT2D eigenvalue weighted by Gasteiger charge is -2.42. The number of morpholine rings is 1. The van der Waals surface area contributed by atoms with E-state index in [-0.39, 0.29) is 17.6 Å². The van der Waals surface area contributed by atoms with E-state index < -0.39 is 5.60 Å². The molecule has 1 atom stereocenters. The Labute approximate surface area is 140 Å². The Kier molecular flexibility index (Phi) is 4.43. The van der Waals surface area contributed by atoms with E-state index in [1.165, 1.54) is 0 Å². The van der Waals surface area contributed by atoms with Crippen molar-refractivity contribution in [2.45, 2.75) is 25.6 Å². The van der Waals surface area contributed by atoms with E-state index in [1.807, 2.05) is 26.0 Å². The zero-order valence-electron chi connectivity index (χ0n) is 14.2. The normalized spacial score (nSPS) is 20.3. The van der Waals surface area contributed by atoms with Gasteiger partial charge in [-0.3, -0.25) is 9.59 Å². The van der Waals surface area contributed by atoms with Gasteiger partial charge in [-0.05, 0) is 31.4 Å². The first-order valence-corrected chi connectivity index (χ1v) is 7.98. The summed E-state index contributed by atoms with van der Waals surface area (Å²) in [4.78, 5) is 29.5. The minimum atomic E-state index is -0.464. The zero-order chi connectivity index (χ0) is 17.3. The summed E-state index contributed by atoms with van der Waals surface area (Å²) >= 11 is 0. The lowest BCUT2D eigenvalue weighted by Crippen LogP contribution is -2.55. The Morgan fingerprint density at radius 3 is 2.92 bits per heavy atom. The van der Waals surface area contributed by atoms with E-state index in [9.17, 15) is 9.59 Å². The molecule has 0 radical (unpaired) electrons. The molecule has 6 nitrogen and oxygen atoms in total. The summed E-state index contributed by atoms with van der Waals surface area (Å²) < 4.78 is 11.1. The number of hydrogen-bond acceptors (Lipinski definition) is 4. The van der Waals surface area contributed by atoms with Gasteiger partial charge < -0.3 is 19.4 Å². The minimum absolute atomic E-state index is 0.185. The third-order valence-corrected chi connectivity index (χ3v) is 4.10. The number of H-pyrrole nitrogens is 1. The average molecular weight is 330 g/mol. The smallest absolute Gasteiger partial charge is 0.270 e. The molecular formula is C18H22N2O4. The maximum absolute atomic E-state index is 12.9. The number of nitrogens with zero attached hydrogens (tertiary/aromatic N) is 1. The van der Waals surface area contributed by atoms with Gasteiger partial charge in [0.2, 0.25) is 0 Å². The van der Waals surface area contributed by atoms with Gasteiger partial charge in [0.15, 0.2) is 0 Å². The number of aromatic amines is 1. The van der Waals surface area contributed by atoms with Gasteiger partial charge in [0.05, 0.1) is 18.3 Å². The molecule has 3 rings (SSSR count). The van der Waals surface area contributed by atoms with Gasteiger partial charge in [-0.1, -0.05) is 18.2 Å². The Morgan fingerprint density at radius 1 is 1.42 bits per heavy atom. The molecule has 1 aliphatic rings. The molecular weight excluding hydrogens is 308 g/mol. The fraction of sp³-hybridized carbons (Fsp3) is 0.444. The summed E-state index contributed by atoms with van der Waals surface area (Å²) in [7, 11) is 1.61. The number of carbonyl (C=O) groups is 1. The molecule has 0 spiro atoms. The lowest BCUT2D eigenvalue weighted by atomic mass is 10.0. The number of hydrogen-bond donors (Lipinski definition) is 1. The molecule has 24 heavy (non-hydrogen) atoms. The number of methoxy groups -OCH3 is 1. The highest BCUT2D eigenvalue weighted by molar-refractivity contribution is 5.96. The topological polar surface area (TPSA) is 71.6 Å². The molecule has 0 aliphatic carbocycles. The van der Waals surface area contributed by atoms with Crippen molar-refractivity contribution in [1.29, 1.82) is 0 Å². The number of carbonyl (C=O) groups excluding carboxylic acids is 1. The second-order valence-corrected chi connectivity index (χ2v) is 6.74. The third-order valence-electron chi connectivity index (χ3n) is 4.10. The van der Waals surface area contributed by atoms with E-state index in [2.05, 4.69) is 4.98 Å². The molecule has 128 valence electrons. The summed E-state index contributed by atoms with van der Waals surface area (Å²) in [5, 5.41) is 1.33. The number of benzene rings is 1. The van der Waals surface area contributed by atoms with Crippen LogP contribution in [0.2, 0.25) is 0 Å². The van der Waals surface area contributed by atoms with Gasteiger partial charge in [0, 0.05) is 25.6 Å². The van der Waals surface area contributed by atoms with Crippen LogP contribution in [-0.4, -0.2) is 54.3 Å². The van der Waals surface area contributed by atoms with Gasteiger partial charge in [-0.15, -0.1) is 0 Å². The average Bonchev–Trinajstić information content (AvgIpc) is 2.53. The third kappa shape index (κ3) is 3.34. The summed E-state index contributed by atoms with van der Waals surface area (Å²) in [6.45, 7) is 5.20. The maximum Gasteiger partial charge on any atom is 0.270 e. The zero-order valence-corrected chi connectivity index (χ0v) is 14.2. The van der Waals surface area contributed by atoms with Crippen molar-refractivity contribution in [3.63, 3.8) is 0 Å². The fourth-order valence-electron chi connectivity index (χ4n) is 3.22. The first-order valence-electron chi connectivity index (χ1n) is 7.98. The summed E-state index contributed by atoms with van der Waals surface area (Å²) in [6, 6.07) is 8.96. The predicted molar refractivity (Wildman–Crippen MR) is 91.3 cm³/mol. The van der Waals surface area contributed by atoms with Crippen LogP contribution in [0.15, 0.2) is 35.1 Å². The Balaban J connectivity index is 1.92. The van der Waals surface area contributed by atoms with E-state index in [4.69, 9.17) is 9.47 Å². The molecule has 1 saturated heterocycles. The number of ether oxygens (including phenoxy) is 2. The van der Waals surface area contributed by atoms with E-state index in [0.717, 1.165) is 5.39 Å². The Bertz CT molecular complexity index is 812. The number of pyridine rings is 1. The highest BCUT2D eigenvalue weighted by Crippen LogP contribution is 2.23. The van der Waals surface area contributed by atoms with Gasteiger partial charge in [-0.25, -0.2) is 0 Å². The number of amides is 1. The van der Waals surface area contributed by atoms with Crippen molar-refractivity contribution in [3.05, 3.63) is 46.4 Å².